The van der Waals surface area contributed by atoms with Gasteiger partial charge < -0.3 is 20.4 Å². The summed E-state index contributed by atoms with van der Waals surface area (Å²) in [5.74, 6) is 0.140. The predicted octanol–water partition coefficient (Wildman–Crippen LogP) is 5.14. The van der Waals surface area contributed by atoms with Crippen LogP contribution < -0.4 is 16.1 Å². The first-order chi connectivity index (χ1) is 18.0. The number of anilines is 2. The van der Waals surface area contributed by atoms with Gasteiger partial charge in [-0.05, 0) is 37.1 Å². The van der Waals surface area contributed by atoms with Gasteiger partial charge >= 0.3 is 6.02 Å². The highest BCUT2D eigenvalue weighted by Crippen LogP contribution is 2.32. The average Bonchev–Trinajstić information content (AvgIpc) is 3.65. The molecule has 1 aliphatic carbocycles. The van der Waals surface area contributed by atoms with Gasteiger partial charge in [-0.1, -0.05) is 30.9 Å². The van der Waals surface area contributed by atoms with E-state index in [0.717, 1.165) is 53.4 Å². The Morgan fingerprint density at radius 1 is 1.16 bits per heavy atom. The normalized spacial score (nSPS) is 17.8. The number of amides is 1. The van der Waals surface area contributed by atoms with Gasteiger partial charge in [-0.15, -0.1) is 5.10 Å². The molecule has 0 spiro atoms. The zero-order valence-electron chi connectivity index (χ0n) is 20.3. The highest BCUT2D eigenvalue weighted by Gasteiger charge is 2.26. The smallest absolute Gasteiger partial charge is 0.313 e. The third-order valence-electron chi connectivity index (χ3n) is 6.85. The fraction of sp³-hybridized carbons (Fsp3) is 0.308. The van der Waals surface area contributed by atoms with Gasteiger partial charge in [0.15, 0.2) is 0 Å². The number of fused-ring (bicyclic) bond motifs is 1. The van der Waals surface area contributed by atoms with E-state index in [0.29, 0.717) is 16.4 Å². The van der Waals surface area contributed by atoms with Crippen LogP contribution in [0, 0.1) is 5.92 Å². The molecule has 1 aliphatic heterocycles. The van der Waals surface area contributed by atoms with Crippen molar-refractivity contribution in [2.45, 2.75) is 38.3 Å². The van der Waals surface area contributed by atoms with Crippen molar-refractivity contribution in [3.05, 3.63) is 59.6 Å². The quantitative estimate of drug-likeness (QED) is 0.290. The van der Waals surface area contributed by atoms with E-state index in [1.54, 1.807) is 23.0 Å². The van der Waals surface area contributed by atoms with Crippen LogP contribution in [0.4, 0.5) is 11.4 Å². The van der Waals surface area contributed by atoms with Crippen molar-refractivity contribution in [2.75, 3.05) is 10.6 Å². The van der Waals surface area contributed by atoms with Crippen molar-refractivity contribution in [1.29, 1.82) is 0 Å². The van der Waals surface area contributed by atoms with E-state index >= 15 is 0 Å². The van der Waals surface area contributed by atoms with Crippen molar-refractivity contribution in [1.82, 2.24) is 25.2 Å². The maximum atomic E-state index is 12.6. The van der Waals surface area contributed by atoms with E-state index < -0.39 is 6.23 Å². The molecule has 190 valence electrons. The van der Waals surface area contributed by atoms with Gasteiger partial charge in [-0.3, -0.25) is 14.9 Å². The lowest BCUT2D eigenvalue weighted by atomic mass is 9.88. The third kappa shape index (κ3) is 4.84. The first-order valence-corrected chi connectivity index (χ1v) is 12.7. The van der Waals surface area contributed by atoms with Crippen molar-refractivity contribution >= 4 is 45.9 Å². The number of nitrogens with one attached hydrogen (secondary N) is 4. The fourth-order valence-electron chi connectivity index (χ4n) is 4.86. The molecule has 2 aliphatic rings. The van der Waals surface area contributed by atoms with E-state index in [-0.39, 0.29) is 17.8 Å². The molecule has 0 bridgehead atoms. The van der Waals surface area contributed by atoms with Crippen LogP contribution in [0.3, 0.4) is 0 Å². The molecule has 4 heterocycles. The second-order valence-electron chi connectivity index (χ2n) is 9.45. The average molecular weight is 519 g/mol. The summed E-state index contributed by atoms with van der Waals surface area (Å²) < 4.78 is 7.79. The van der Waals surface area contributed by atoms with E-state index in [4.69, 9.17) is 16.3 Å². The topological polar surface area (TPSA) is 121 Å². The number of H-pyrrole nitrogens is 1. The summed E-state index contributed by atoms with van der Waals surface area (Å²) in [5, 5.41) is 16.0. The number of benzene rings is 1. The Morgan fingerprint density at radius 2 is 2.03 bits per heavy atom. The van der Waals surface area contributed by atoms with Gasteiger partial charge in [0, 0.05) is 59.3 Å². The van der Waals surface area contributed by atoms with Crippen LogP contribution in [0.5, 0.6) is 0 Å². The Kier molecular flexibility index (Phi) is 6.17. The molecule has 37 heavy (non-hydrogen) atoms. The molecule has 1 aromatic carbocycles. The minimum atomic E-state index is -0.505. The first-order valence-electron chi connectivity index (χ1n) is 12.4. The van der Waals surface area contributed by atoms with E-state index in [1.807, 2.05) is 31.7 Å². The number of aryl methyl sites for hydroxylation is 1. The highest BCUT2D eigenvalue weighted by atomic mass is 35.5. The van der Waals surface area contributed by atoms with Crippen LogP contribution in [-0.4, -0.2) is 31.7 Å². The van der Waals surface area contributed by atoms with E-state index in [9.17, 15) is 4.79 Å². The molecule has 10 nitrogen and oxygen atoms in total. The van der Waals surface area contributed by atoms with Crippen molar-refractivity contribution in [2.24, 2.45) is 18.1 Å². The Bertz CT molecular complexity index is 1490. The summed E-state index contributed by atoms with van der Waals surface area (Å²) in [7, 11) is 1.88. The van der Waals surface area contributed by atoms with Gasteiger partial charge in [0.2, 0.25) is 12.1 Å². The van der Waals surface area contributed by atoms with Gasteiger partial charge in [0.25, 0.3) is 0 Å². The monoisotopic (exact) mass is 518 g/mol. The standard InChI is InChI=1S/C26H27ClN8O2/c1-35-14-17(12-30-35)16-9-19-20(13-29-23(19)28-11-16)25-33-34-26(37-25)32-22-8-7-18(10-21(22)27)31-24(36)15-5-3-2-4-6-15/h7-15,25,33H,2-6H2,1H3,(H,28,29)(H,31,36)(H,32,34). The van der Waals surface area contributed by atoms with Gasteiger partial charge in [-0.25, -0.2) is 4.98 Å². The van der Waals surface area contributed by atoms with Crippen LogP contribution in [-0.2, 0) is 16.6 Å². The van der Waals surface area contributed by atoms with Gasteiger partial charge in [-0.2, -0.15) is 5.10 Å². The summed E-state index contributed by atoms with van der Waals surface area (Å²) >= 11 is 6.50. The number of rotatable bonds is 5. The SMILES string of the molecule is Cn1cc(-c2cnc3[nH]cc(C4NN=C(Nc5ccc(NC(=O)C6CCCCC6)cc5Cl)O4)c3c2)cn1. The number of hydrogen-bond acceptors (Lipinski definition) is 7. The zero-order valence-corrected chi connectivity index (χ0v) is 21.0. The summed E-state index contributed by atoms with van der Waals surface area (Å²) in [6.07, 6.45) is 12.2. The van der Waals surface area contributed by atoms with Gasteiger partial charge in [0.1, 0.15) is 5.65 Å². The summed E-state index contributed by atoms with van der Waals surface area (Å²) in [6.45, 7) is 0. The van der Waals surface area contributed by atoms with Crippen LogP contribution in [0.2, 0.25) is 5.02 Å². The molecule has 0 saturated heterocycles. The number of carbonyl (C=O) groups is 1. The maximum absolute atomic E-state index is 12.6. The molecule has 1 fully saturated rings. The molecular weight excluding hydrogens is 492 g/mol. The first kappa shape index (κ1) is 23.4. The lowest BCUT2D eigenvalue weighted by molar-refractivity contribution is -0.120. The maximum Gasteiger partial charge on any atom is 0.313 e. The number of halogens is 1. The lowest BCUT2D eigenvalue weighted by Crippen LogP contribution is -2.24. The molecule has 6 rings (SSSR count). The van der Waals surface area contributed by atoms with Crippen molar-refractivity contribution in [3.63, 3.8) is 0 Å². The molecule has 1 atom stereocenters. The number of aromatic nitrogens is 4. The number of hydrogen-bond donors (Lipinski definition) is 4. The Labute approximate surface area is 218 Å². The molecule has 1 unspecified atom stereocenters. The van der Waals surface area contributed by atoms with Crippen molar-refractivity contribution < 1.29 is 9.53 Å². The number of nitrogens with zero attached hydrogens (tertiary/aromatic N) is 4. The molecule has 1 amide bonds. The van der Waals surface area contributed by atoms with Crippen LogP contribution in [0.1, 0.15) is 43.9 Å². The van der Waals surface area contributed by atoms with Crippen LogP contribution in [0.15, 0.2) is 54.2 Å². The summed E-state index contributed by atoms with van der Waals surface area (Å²) in [5.41, 5.74) is 7.88. The predicted molar refractivity (Wildman–Crippen MR) is 143 cm³/mol. The van der Waals surface area contributed by atoms with E-state index in [1.165, 1.54) is 6.42 Å². The number of ether oxygens (including phenoxy) is 1. The number of aromatic amines is 1. The number of hydrazone groups is 1. The minimum absolute atomic E-state index is 0.0620. The van der Waals surface area contributed by atoms with Crippen LogP contribution in [0.25, 0.3) is 22.2 Å². The minimum Gasteiger partial charge on any atom is -0.434 e. The number of pyridine rings is 1. The molecular formula is C26H27ClN8O2. The second-order valence-corrected chi connectivity index (χ2v) is 9.86. The second kappa shape index (κ2) is 9.78. The Balaban J connectivity index is 1.12. The van der Waals surface area contributed by atoms with Gasteiger partial charge in [0.05, 0.1) is 16.9 Å². The Hall–Kier alpha value is -4.05. The molecule has 4 aromatic rings. The fourth-order valence-corrected chi connectivity index (χ4v) is 5.09. The lowest BCUT2D eigenvalue weighted by Gasteiger charge is -2.21. The number of carbonyl (C=O) groups excluding carboxylic acids is 1. The molecule has 0 radical (unpaired) electrons. The number of amidine groups is 1. The third-order valence-corrected chi connectivity index (χ3v) is 7.16. The summed E-state index contributed by atoms with van der Waals surface area (Å²) in [4.78, 5) is 20.3. The van der Waals surface area contributed by atoms with Crippen LogP contribution >= 0.6 is 11.6 Å². The zero-order chi connectivity index (χ0) is 25.4. The summed E-state index contributed by atoms with van der Waals surface area (Å²) in [6, 6.07) is 7.69. The van der Waals surface area contributed by atoms with Crippen molar-refractivity contribution in [3.8, 4) is 11.1 Å². The van der Waals surface area contributed by atoms with E-state index in [2.05, 4.69) is 42.3 Å². The largest absolute Gasteiger partial charge is 0.434 e. The molecule has 4 N–H and O–H groups in total. The molecule has 1 saturated carbocycles. The molecule has 3 aromatic heterocycles. The Morgan fingerprint density at radius 3 is 2.81 bits per heavy atom. The molecule has 11 heteroatoms. The highest BCUT2D eigenvalue weighted by molar-refractivity contribution is 6.34.